The van der Waals surface area contributed by atoms with Gasteiger partial charge in [0.1, 0.15) is 0 Å². The van der Waals surface area contributed by atoms with Crippen LogP contribution >= 0.6 is 15.9 Å². The lowest BCUT2D eigenvalue weighted by Gasteiger charge is -2.07. The maximum atomic E-state index is 12.3. The largest absolute Gasteiger partial charge is 0.352 e. The van der Waals surface area contributed by atoms with Crippen LogP contribution in [0.4, 0.5) is 0 Å². The molecule has 1 amide bonds. The zero-order chi connectivity index (χ0) is 17.2. The quantitative estimate of drug-likeness (QED) is 0.707. The van der Waals surface area contributed by atoms with Crippen molar-refractivity contribution in [1.29, 1.82) is 0 Å². The number of hydrogen-bond donors (Lipinski definition) is 1. The molecule has 126 valence electrons. The van der Waals surface area contributed by atoms with Crippen molar-refractivity contribution >= 4 is 21.8 Å². The monoisotopic (exact) mass is 395 g/mol. The average molecular weight is 396 g/mol. The van der Waals surface area contributed by atoms with Gasteiger partial charge < -0.3 is 5.32 Å². The van der Waals surface area contributed by atoms with Gasteiger partial charge in [-0.3, -0.25) is 4.79 Å². The van der Waals surface area contributed by atoms with E-state index in [2.05, 4.69) is 38.5 Å². The van der Waals surface area contributed by atoms with Crippen LogP contribution in [0, 0.1) is 5.92 Å². The number of hydrogen-bond acceptors (Lipinski definition) is 2. The van der Waals surface area contributed by atoms with E-state index in [1.807, 2.05) is 53.3 Å². The van der Waals surface area contributed by atoms with Crippen LogP contribution in [0.25, 0.3) is 5.69 Å². The van der Waals surface area contributed by atoms with Gasteiger partial charge in [-0.05, 0) is 53.8 Å². The lowest BCUT2D eigenvalue weighted by Crippen LogP contribution is -2.24. The van der Waals surface area contributed by atoms with Gasteiger partial charge in [0.05, 0.1) is 5.69 Å². The highest BCUT2D eigenvalue weighted by molar-refractivity contribution is 9.10. The summed E-state index contributed by atoms with van der Waals surface area (Å²) in [6, 6.07) is 18.2. The Kier molecular flexibility index (Phi) is 4.40. The van der Waals surface area contributed by atoms with Gasteiger partial charge in [0.25, 0.3) is 0 Å². The lowest BCUT2D eigenvalue weighted by atomic mass is 10.1. The number of amides is 1. The van der Waals surface area contributed by atoms with Gasteiger partial charge >= 0.3 is 0 Å². The van der Waals surface area contributed by atoms with Crippen molar-refractivity contribution in [1.82, 2.24) is 15.1 Å². The van der Waals surface area contributed by atoms with Gasteiger partial charge in [0, 0.05) is 29.3 Å². The number of carbonyl (C=O) groups is 1. The molecule has 1 aromatic heterocycles. The summed E-state index contributed by atoms with van der Waals surface area (Å²) in [6.07, 6.45) is 4.60. The summed E-state index contributed by atoms with van der Waals surface area (Å²) in [7, 11) is 0. The molecule has 0 spiro atoms. The summed E-state index contributed by atoms with van der Waals surface area (Å²) in [5, 5.41) is 7.26. The van der Waals surface area contributed by atoms with Gasteiger partial charge in [0.2, 0.25) is 5.91 Å². The van der Waals surface area contributed by atoms with Crippen LogP contribution in [-0.2, 0) is 11.3 Å². The zero-order valence-corrected chi connectivity index (χ0v) is 15.2. The Morgan fingerprint density at radius 3 is 2.60 bits per heavy atom. The zero-order valence-electron chi connectivity index (χ0n) is 13.6. The molecule has 5 heteroatoms. The Bertz CT molecular complexity index is 857. The van der Waals surface area contributed by atoms with Crippen molar-refractivity contribution in [2.24, 2.45) is 5.92 Å². The van der Waals surface area contributed by atoms with E-state index in [9.17, 15) is 4.79 Å². The van der Waals surface area contributed by atoms with E-state index >= 15 is 0 Å². The Morgan fingerprint density at radius 2 is 1.92 bits per heavy atom. The van der Waals surface area contributed by atoms with Crippen LogP contribution < -0.4 is 5.32 Å². The first-order chi connectivity index (χ1) is 12.2. The first-order valence-electron chi connectivity index (χ1n) is 8.33. The molecule has 2 aromatic carbocycles. The Morgan fingerprint density at radius 1 is 1.16 bits per heavy atom. The highest BCUT2D eigenvalue weighted by atomic mass is 79.9. The van der Waals surface area contributed by atoms with E-state index in [4.69, 9.17) is 0 Å². The number of carbonyl (C=O) groups excluding carboxylic acids is 1. The Hall–Kier alpha value is -2.40. The van der Waals surface area contributed by atoms with Crippen LogP contribution in [0.2, 0.25) is 0 Å². The molecule has 1 fully saturated rings. The second kappa shape index (κ2) is 6.84. The second-order valence-corrected chi connectivity index (χ2v) is 7.25. The number of benzene rings is 2. The minimum Gasteiger partial charge on any atom is -0.352 e. The maximum Gasteiger partial charge on any atom is 0.224 e. The van der Waals surface area contributed by atoms with Crippen LogP contribution in [0.15, 0.2) is 71.5 Å². The van der Waals surface area contributed by atoms with Crippen molar-refractivity contribution in [2.75, 3.05) is 0 Å². The molecule has 2 unspecified atom stereocenters. The van der Waals surface area contributed by atoms with E-state index in [1.54, 1.807) is 6.20 Å². The molecule has 2 atom stereocenters. The predicted octanol–water partition coefficient (Wildman–Crippen LogP) is 4.05. The summed E-state index contributed by atoms with van der Waals surface area (Å²) in [6.45, 7) is 0.557. The summed E-state index contributed by atoms with van der Waals surface area (Å²) < 4.78 is 2.88. The van der Waals surface area contributed by atoms with Crippen LogP contribution in [-0.4, -0.2) is 15.7 Å². The summed E-state index contributed by atoms with van der Waals surface area (Å²) in [5.41, 5.74) is 3.34. The average Bonchev–Trinajstić information content (AvgIpc) is 3.25. The van der Waals surface area contributed by atoms with E-state index < -0.39 is 0 Å². The van der Waals surface area contributed by atoms with Gasteiger partial charge in [0.15, 0.2) is 0 Å². The number of nitrogens with one attached hydrogen (secondary N) is 1. The fourth-order valence-electron chi connectivity index (χ4n) is 3.07. The summed E-state index contributed by atoms with van der Waals surface area (Å²) >= 11 is 3.44. The van der Waals surface area contributed by atoms with E-state index in [0.717, 1.165) is 22.1 Å². The number of nitrogens with zero attached hydrogens (tertiary/aromatic N) is 2. The molecule has 0 aliphatic heterocycles. The SMILES string of the molecule is O=C(NCc1ccc(-n2cccn2)cc1)C1CC1c1ccc(Br)cc1. The normalized spacial score (nSPS) is 18.8. The molecule has 1 aliphatic rings. The minimum atomic E-state index is 0.101. The number of rotatable bonds is 5. The molecule has 4 nitrogen and oxygen atoms in total. The fourth-order valence-corrected chi connectivity index (χ4v) is 3.34. The maximum absolute atomic E-state index is 12.3. The molecule has 25 heavy (non-hydrogen) atoms. The summed E-state index contributed by atoms with van der Waals surface area (Å²) in [5.74, 6) is 0.601. The van der Waals surface area contributed by atoms with Gasteiger partial charge in [-0.2, -0.15) is 5.10 Å². The first-order valence-corrected chi connectivity index (χ1v) is 9.12. The molecule has 1 N–H and O–H groups in total. The number of halogens is 1. The van der Waals surface area contributed by atoms with Gasteiger partial charge in [-0.15, -0.1) is 0 Å². The highest BCUT2D eigenvalue weighted by Crippen LogP contribution is 2.47. The van der Waals surface area contributed by atoms with Crippen molar-refractivity contribution in [3.63, 3.8) is 0 Å². The van der Waals surface area contributed by atoms with E-state index in [1.165, 1.54) is 5.56 Å². The molecule has 3 aromatic rings. The van der Waals surface area contributed by atoms with Gasteiger partial charge in [-0.25, -0.2) is 4.68 Å². The summed E-state index contributed by atoms with van der Waals surface area (Å²) in [4.78, 5) is 12.3. The van der Waals surface area contributed by atoms with Crippen molar-refractivity contribution in [3.05, 3.63) is 82.6 Å². The van der Waals surface area contributed by atoms with Crippen molar-refractivity contribution in [2.45, 2.75) is 18.9 Å². The molecule has 0 bridgehead atoms. The van der Waals surface area contributed by atoms with E-state index in [-0.39, 0.29) is 11.8 Å². The molecular weight excluding hydrogens is 378 g/mol. The smallest absolute Gasteiger partial charge is 0.224 e. The molecule has 0 radical (unpaired) electrons. The molecule has 1 aliphatic carbocycles. The standard InChI is InChI=1S/C20H18BrN3O/c21-16-6-4-15(5-7-16)18-12-19(18)20(25)22-13-14-2-8-17(9-3-14)24-11-1-10-23-24/h1-11,18-19H,12-13H2,(H,22,25). The molecule has 0 saturated heterocycles. The lowest BCUT2D eigenvalue weighted by molar-refractivity contribution is -0.122. The van der Waals surface area contributed by atoms with Crippen molar-refractivity contribution < 1.29 is 4.79 Å². The number of aromatic nitrogens is 2. The molecule has 4 rings (SSSR count). The Labute approximate surface area is 155 Å². The third kappa shape index (κ3) is 3.66. The topological polar surface area (TPSA) is 46.9 Å². The predicted molar refractivity (Wildman–Crippen MR) is 100 cm³/mol. The minimum absolute atomic E-state index is 0.101. The first kappa shape index (κ1) is 16.1. The van der Waals surface area contributed by atoms with Crippen LogP contribution in [0.3, 0.4) is 0 Å². The van der Waals surface area contributed by atoms with Crippen LogP contribution in [0.1, 0.15) is 23.5 Å². The molecule has 1 saturated carbocycles. The third-order valence-corrected chi connectivity index (χ3v) is 5.13. The second-order valence-electron chi connectivity index (χ2n) is 6.34. The third-order valence-electron chi connectivity index (χ3n) is 4.60. The fraction of sp³-hybridized carbons (Fsp3) is 0.200. The van der Waals surface area contributed by atoms with E-state index in [0.29, 0.717) is 12.5 Å². The Balaban J connectivity index is 1.31. The van der Waals surface area contributed by atoms with Crippen LogP contribution in [0.5, 0.6) is 0 Å². The molecule has 1 heterocycles. The highest BCUT2D eigenvalue weighted by Gasteiger charge is 2.43. The molecular formula is C20H18BrN3O. The van der Waals surface area contributed by atoms with Crippen molar-refractivity contribution in [3.8, 4) is 5.69 Å². The van der Waals surface area contributed by atoms with Gasteiger partial charge in [-0.1, -0.05) is 40.2 Å².